The summed E-state index contributed by atoms with van der Waals surface area (Å²) in [4.78, 5) is 29.0. The van der Waals surface area contributed by atoms with Crippen LogP contribution in [-0.4, -0.2) is 50.0 Å². The topological polar surface area (TPSA) is 75.9 Å². The van der Waals surface area contributed by atoms with E-state index in [9.17, 15) is 9.59 Å². The van der Waals surface area contributed by atoms with Crippen LogP contribution in [0.1, 0.15) is 25.3 Å². The molecule has 2 aliphatic heterocycles. The fourth-order valence-electron chi connectivity index (χ4n) is 3.75. The van der Waals surface area contributed by atoms with Crippen molar-refractivity contribution in [2.24, 2.45) is 17.1 Å². The van der Waals surface area contributed by atoms with Crippen LogP contribution in [0, 0.1) is 18.3 Å². The number of hydrogen-bond donors (Lipinski definition) is 1. The SMILES string of the molecule is COc1ccc(C)cc1N1CC(C(=O)N2CCC(C)(CN)C2)CC1=O.Cl. The number of carbonyl (C=O) groups excluding carboxylic acids is 2. The molecule has 26 heavy (non-hydrogen) atoms. The number of aryl methyl sites for hydroxylation is 1. The number of nitrogens with two attached hydrogens (primary N) is 1. The van der Waals surface area contributed by atoms with Gasteiger partial charge in [0.25, 0.3) is 0 Å². The summed E-state index contributed by atoms with van der Waals surface area (Å²) in [6.45, 7) is 6.49. The number of ether oxygens (including phenoxy) is 1. The van der Waals surface area contributed by atoms with Crippen LogP contribution in [0.3, 0.4) is 0 Å². The summed E-state index contributed by atoms with van der Waals surface area (Å²) in [5.74, 6) is 0.407. The molecule has 0 spiro atoms. The Kier molecular flexibility index (Phi) is 6.19. The summed E-state index contributed by atoms with van der Waals surface area (Å²) >= 11 is 0. The molecular weight excluding hydrogens is 354 g/mol. The predicted octanol–water partition coefficient (Wildman–Crippen LogP) is 1.98. The van der Waals surface area contributed by atoms with E-state index >= 15 is 0 Å². The van der Waals surface area contributed by atoms with Crippen molar-refractivity contribution in [1.82, 2.24) is 4.90 Å². The molecule has 2 unspecified atom stereocenters. The van der Waals surface area contributed by atoms with Gasteiger partial charge in [0, 0.05) is 26.1 Å². The summed E-state index contributed by atoms with van der Waals surface area (Å²) < 4.78 is 5.40. The third-order valence-electron chi connectivity index (χ3n) is 5.46. The van der Waals surface area contributed by atoms with Crippen LogP contribution in [0.4, 0.5) is 5.69 Å². The van der Waals surface area contributed by atoms with Crippen molar-refractivity contribution in [3.8, 4) is 5.75 Å². The van der Waals surface area contributed by atoms with Crippen LogP contribution in [0.2, 0.25) is 0 Å². The van der Waals surface area contributed by atoms with Crippen molar-refractivity contribution in [2.75, 3.05) is 38.2 Å². The van der Waals surface area contributed by atoms with Gasteiger partial charge in [0.15, 0.2) is 0 Å². The van der Waals surface area contributed by atoms with Gasteiger partial charge in [-0.15, -0.1) is 12.4 Å². The Morgan fingerprint density at radius 2 is 2.15 bits per heavy atom. The summed E-state index contributed by atoms with van der Waals surface area (Å²) in [6, 6.07) is 5.74. The van der Waals surface area contributed by atoms with E-state index in [-0.39, 0.29) is 42.0 Å². The molecule has 0 radical (unpaired) electrons. The Labute approximate surface area is 161 Å². The smallest absolute Gasteiger partial charge is 0.228 e. The van der Waals surface area contributed by atoms with Crippen LogP contribution in [-0.2, 0) is 9.59 Å². The molecule has 3 rings (SSSR count). The lowest BCUT2D eigenvalue weighted by molar-refractivity contribution is -0.135. The predicted molar refractivity (Wildman–Crippen MR) is 104 cm³/mol. The molecule has 2 heterocycles. The van der Waals surface area contributed by atoms with E-state index in [0.717, 1.165) is 24.2 Å². The molecule has 6 nitrogen and oxygen atoms in total. The van der Waals surface area contributed by atoms with Crippen molar-refractivity contribution in [2.45, 2.75) is 26.7 Å². The maximum atomic E-state index is 12.9. The van der Waals surface area contributed by atoms with Gasteiger partial charge in [0.05, 0.1) is 18.7 Å². The van der Waals surface area contributed by atoms with E-state index in [1.165, 1.54) is 0 Å². The lowest BCUT2D eigenvalue weighted by Gasteiger charge is -2.25. The van der Waals surface area contributed by atoms with Gasteiger partial charge in [-0.05, 0) is 43.0 Å². The Bertz CT molecular complexity index is 697. The number of benzene rings is 1. The summed E-state index contributed by atoms with van der Waals surface area (Å²) in [5, 5.41) is 0. The van der Waals surface area contributed by atoms with Crippen LogP contribution in [0.5, 0.6) is 5.75 Å². The van der Waals surface area contributed by atoms with E-state index in [1.807, 2.05) is 30.0 Å². The first-order valence-electron chi connectivity index (χ1n) is 8.81. The number of nitrogens with zero attached hydrogens (tertiary/aromatic N) is 2. The molecule has 0 saturated carbocycles. The average molecular weight is 382 g/mol. The zero-order valence-electron chi connectivity index (χ0n) is 15.7. The van der Waals surface area contributed by atoms with E-state index in [0.29, 0.717) is 25.4 Å². The number of rotatable bonds is 4. The molecule has 1 aromatic carbocycles. The van der Waals surface area contributed by atoms with Gasteiger partial charge in [0.2, 0.25) is 11.8 Å². The van der Waals surface area contributed by atoms with Crippen LogP contribution in [0.15, 0.2) is 18.2 Å². The molecule has 2 saturated heterocycles. The number of amides is 2. The average Bonchev–Trinajstić information content (AvgIpc) is 3.18. The van der Waals surface area contributed by atoms with E-state index < -0.39 is 0 Å². The molecule has 2 aliphatic rings. The number of methoxy groups -OCH3 is 1. The van der Waals surface area contributed by atoms with Gasteiger partial charge in [-0.25, -0.2) is 0 Å². The van der Waals surface area contributed by atoms with Crippen LogP contribution < -0.4 is 15.4 Å². The number of anilines is 1. The molecule has 7 heteroatoms. The first-order chi connectivity index (χ1) is 11.9. The van der Waals surface area contributed by atoms with Crippen molar-refractivity contribution in [3.63, 3.8) is 0 Å². The van der Waals surface area contributed by atoms with Gasteiger partial charge in [0.1, 0.15) is 5.75 Å². The molecule has 0 bridgehead atoms. The largest absolute Gasteiger partial charge is 0.495 e. The van der Waals surface area contributed by atoms with Gasteiger partial charge in [-0.3, -0.25) is 9.59 Å². The Balaban J connectivity index is 0.00000243. The maximum absolute atomic E-state index is 12.9. The number of likely N-dealkylation sites (tertiary alicyclic amines) is 1. The minimum Gasteiger partial charge on any atom is -0.495 e. The lowest BCUT2D eigenvalue weighted by Crippen LogP contribution is -2.38. The summed E-state index contributed by atoms with van der Waals surface area (Å²) in [5.41, 5.74) is 7.63. The number of halogens is 1. The molecule has 144 valence electrons. The second kappa shape index (κ2) is 7.84. The third kappa shape index (κ3) is 3.81. The zero-order chi connectivity index (χ0) is 18.2. The maximum Gasteiger partial charge on any atom is 0.228 e. The summed E-state index contributed by atoms with van der Waals surface area (Å²) in [7, 11) is 1.59. The normalized spacial score (nSPS) is 25.4. The second-order valence-corrected chi connectivity index (χ2v) is 7.61. The van der Waals surface area contributed by atoms with Gasteiger partial charge in [-0.2, -0.15) is 0 Å². The quantitative estimate of drug-likeness (QED) is 0.865. The monoisotopic (exact) mass is 381 g/mol. The molecular formula is C19H28ClN3O3. The lowest BCUT2D eigenvalue weighted by atomic mass is 9.90. The fourth-order valence-corrected chi connectivity index (χ4v) is 3.75. The van der Waals surface area contributed by atoms with Crippen molar-refractivity contribution < 1.29 is 14.3 Å². The molecule has 0 aromatic heterocycles. The summed E-state index contributed by atoms with van der Waals surface area (Å²) in [6.07, 6.45) is 1.18. The molecule has 2 amide bonds. The molecule has 2 fully saturated rings. The van der Waals surface area contributed by atoms with Crippen LogP contribution >= 0.6 is 12.4 Å². The third-order valence-corrected chi connectivity index (χ3v) is 5.46. The minimum atomic E-state index is -0.294. The van der Waals surface area contributed by atoms with E-state index in [4.69, 9.17) is 10.5 Å². The Hall–Kier alpha value is -1.79. The van der Waals surface area contributed by atoms with Crippen molar-refractivity contribution >= 4 is 29.9 Å². The van der Waals surface area contributed by atoms with Crippen molar-refractivity contribution in [3.05, 3.63) is 23.8 Å². The molecule has 1 aromatic rings. The molecule has 2 N–H and O–H groups in total. The number of carbonyl (C=O) groups is 2. The van der Waals surface area contributed by atoms with Gasteiger partial charge >= 0.3 is 0 Å². The highest BCUT2D eigenvalue weighted by Crippen LogP contribution is 2.36. The molecule has 0 aliphatic carbocycles. The van der Waals surface area contributed by atoms with E-state index in [1.54, 1.807) is 12.0 Å². The van der Waals surface area contributed by atoms with Gasteiger partial charge in [-0.1, -0.05) is 13.0 Å². The highest BCUT2D eigenvalue weighted by molar-refractivity contribution is 6.01. The highest BCUT2D eigenvalue weighted by Gasteiger charge is 2.42. The fraction of sp³-hybridized carbons (Fsp3) is 0.579. The first-order valence-corrected chi connectivity index (χ1v) is 8.81. The highest BCUT2D eigenvalue weighted by atomic mass is 35.5. The van der Waals surface area contributed by atoms with Gasteiger partial charge < -0.3 is 20.3 Å². The first kappa shape index (κ1) is 20.5. The zero-order valence-corrected chi connectivity index (χ0v) is 16.5. The van der Waals surface area contributed by atoms with E-state index in [2.05, 4.69) is 6.92 Å². The number of hydrogen-bond acceptors (Lipinski definition) is 4. The van der Waals surface area contributed by atoms with Crippen LogP contribution in [0.25, 0.3) is 0 Å². The molecule has 2 atom stereocenters. The van der Waals surface area contributed by atoms with Crippen molar-refractivity contribution in [1.29, 1.82) is 0 Å². The standard InChI is InChI=1S/C19H27N3O3.ClH/c1-13-4-5-16(25-3)15(8-13)22-10-14(9-17(22)23)18(24)21-7-6-19(2,11-20)12-21;/h4-5,8,14H,6-7,9-12,20H2,1-3H3;1H. The Morgan fingerprint density at radius 1 is 1.42 bits per heavy atom. The second-order valence-electron chi connectivity index (χ2n) is 7.61. The Morgan fingerprint density at radius 3 is 2.77 bits per heavy atom. The minimum absolute atomic E-state index is 0.